The third-order valence-corrected chi connectivity index (χ3v) is 1.55. The molecule has 2 N–H and O–H groups in total. The number of ether oxygens (including phenoxy) is 1. The van der Waals surface area contributed by atoms with Crippen LogP contribution >= 0.6 is 0 Å². The van der Waals surface area contributed by atoms with Gasteiger partial charge in [-0.3, -0.25) is 10.1 Å². The summed E-state index contributed by atoms with van der Waals surface area (Å²) in [4.78, 5) is 24.4. The summed E-state index contributed by atoms with van der Waals surface area (Å²) < 4.78 is 4.59. The number of hydrogen-bond acceptors (Lipinski definition) is 3. The monoisotopic (exact) mass is 178 g/mol. The SMILES string of the molecule is O=C1NC(=O)C(=Cc2ccc[nH]2)O1. The highest BCUT2D eigenvalue weighted by Gasteiger charge is 2.25. The zero-order valence-electron chi connectivity index (χ0n) is 6.53. The number of carbonyl (C=O) groups excluding carboxylic acids is 2. The van der Waals surface area contributed by atoms with E-state index in [0.717, 1.165) is 0 Å². The van der Waals surface area contributed by atoms with E-state index in [1.54, 1.807) is 18.3 Å². The molecule has 0 unspecified atom stereocenters. The standard InChI is InChI=1S/C8H6N2O3/c11-7-6(13-8(12)10-7)4-5-2-1-3-9-5/h1-4,9H,(H,10,11,12). The van der Waals surface area contributed by atoms with E-state index >= 15 is 0 Å². The Bertz CT molecular complexity index is 378. The third-order valence-electron chi connectivity index (χ3n) is 1.55. The summed E-state index contributed by atoms with van der Waals surface area (Å²) in [5.41, 5.74) is 0.708. The summed E-state index contributed by atoms with van der Waals surface area (Å²) in [6, 6.07) is 3.54. The molecule has 0 saturated carbocycles. The smallest absolute Gasteiger partial charge is 0.404 e. The Kier molecular flexibility index (Phi) is 1.63. The molecule has 1 aromatic rings. The van der Waals surface area contributed by atoms with Crippen molar-refractivity contribution in [3.05, 3.63) is 29.8 Å². The lowest BCUT2D eigenvalue weighted by Crippen LogP contribution is -2.18. The first-order valence-electron chi connectivity index (χ1n) is 3.64. The molecule has 1 saturated heterocycles. The summed E-state index contributed by atoms with van der Waals surface area (Å²) >= 11 is 0. The van der Waals surface area contributed by atoms with Gasteiger partial charge in [0.1, 0.15) is 0 Å². The Morgan fingerprint density at radius 1 is 1.38 bits per heavy atom. The minimum absolute atomic E-state index is 0.00690. The fourth-order valence-corrected chi connectivity index (χ4v) is 0.996. The van der Waals surface area contributed by atoms with Crippen LogP contribution in [0, 0.1) is 0 Å². The number of amides is 2. The summed E-state index contributed by atoms with van der Waals surface area (Å²) in [7, 11) is 0. The highest BCUT2D eigenvalue weighted by molar-refractivity contribution is 6.09. The molecular weight excluding hydrogens is 172 g/mol. The van der Waals surface area contributed by atoms with Crippen molar-refractivity contribution in [2.75, 3.05) is 0 Å². The summed E-state index contributed by atoms with van der Waals surface area (Å²) in [6.07, 6.45) is 2.43. The lowest BCUT2D eigenvalue weighted by molar-refractivity contribution is -0.116. The van der Waals surface area contributed by atoms with Crippen molar-refractivity contribution >= 4 is 18.1 Å². The molecule has 0 aliphatic carbocycles. The molecule has 2 heterocycles. The van der Waals surface area contributed by atoms with Crippen LogP contribution in [0.15, 0.2) is 24.1 Å². The lowest BCUT2D eigenvalue weighted by atomic mass is 10.3. The van der Waals surface area contributed by atoms with Crippen LogP contribution in [0.5, 0.6) is 0 Å². The Labute approximate surface area is 73.4 Å². The normalized spacial score (nSPS) is 18.9. The summed E-state index contributed by atoms with van der Waals surface area (Å²) in [6.45, 7) is 0. The molecular formula is C8H6N2O3. The Morgan fingerprint density at radius 3 is 2.77 bits per heavy atom. The number of H-pyrrole nitrogens is 1. The maximum atomic E-state index is 11.0. The molecule has 2 rings (SSSR count). The van der Waals surface area contributed by atoms with Gasteiger partial charge >= 0.3 is 6.09 Å². The van der Waals surface area contributed by atoms with E-state index in [9.17, 15) is 9.59 Å². The van der Waals surface area contributed by atoms with Crippen LogP contribution in [-0.4, -0.2) is 17.0 Å². The van der Waals surface area contributed by atoms with Crippen molar-refractivity contribution in [3.8, 4) is 0 Å². The van der Waals surface area contributed by atoms with Crippen LogP contribution in [0.2, 0.25) is 0 Å². The number of aromatic amines is 1. The van der Waals surface area contributed by atoms with Crippen molar-refractivity contribution in [2.45, 2.75) is 0 Å². The number of nitrogens with one attached hydrogen (secondary N) is 2. The number of hydrogen-bond donors (Lipinski definition) is 2. The molecule has 13 heavy (non-hydrogen) atoms. The highest BCUT2D eigenvalue weighted by atomic mass is 16.6. The Morgan fingerprint density at radius 2 is 2.23 bits per heavy atom. The lowest BCUT2D eigenvalue weighted by Gasteiger charge is -1.89. The van der Waals surface area contributed by atoms with E-state index in [1.807, 2.05) is 5.32 Å². The summed E-state index contributed by atoms with van der Waals surface area (Å²) in [5, 5.41) is 2.00. The van der Waals surface area contributed by atoms with Gasteiger partial charge in [0.25, 0.3) is 5.91 Å². The Balaban J connectivity index is 2.27. The zero-order chi connectivity index (χ0) is 9.26. The van der Waals surface area contributed by atoms with E-state index in [4.69, 9.17) is 0 Å². The summed E-state index contributed by atoms with van der Waals surface area (Å²) in [5.74, 6) is -0.507. The highest BCUT2D eigenvalue weighted by Crippen LogP contribution is 2.10. The molecule has 0 bridgehead atoms. The molecule has 66 valence electrons. The van der Waals surface area contributed by atoms with Crippen LogP contribution in [0.4, 0.5) is 4.79 Å². The van der Waals surface area contributed by atoms with E-state index in [1.165, 1.54) is 6.08 Å². The predicted molar refractivity (Wildman–Crippen MR) is 43.4 cm³/mol. The van der Waals surface area contributed by atoms with Gasteiger partial charge in [-0.1, -0.05) is 0 Å². The molecule has 1 aromatic heterocycles. The molecule has 5 nitrogen and oxygen atoms in total. The van der Waals surface area contributed by atoms with Crippen LogP contribution in [-0.2, 0) is 9.53 Å². The second kappa shape index (κ2) is 2.78. The second-order valence-electron chi connectivity index (χ2n) is 2.48. The van der Waals surface area contributed by atoms with E-state index in [-0.39, 0.29) is 5.76 Å². The van der Waals surface area contributed by atoms with Gasteiger partial charge in [-0.05, 0) is 12.1 Å². The fraction of sp³-hybridized carbons (Fsp3) is 0. The first-order chi connectivity index (χ1) is 6.25. The van der Waals surface area contributed by atoms with Crippen molar-refractivity contribution in [2.24, 2.45) is 0 Å². The molecule has 5 heteroatoms. The van der Waals surface area contributed by atoms with Gasteiger partial charge in [0, 0.05) is 18.0 Å². The van der Waals surface area contributed by atoms with Gasteiger partial charge in [0.05, 0.1) is 0 Å². The average molecular weight is 178 g/mol. The van der Waals surface area contributed by atoms with Crippen LogP contribution in [0.25, 0.3) is 6.08 Å². The number of alkyl carbamates (subject to hydrolysis) is 1. The molecule has 1 fully saturated rings. The number of cyclic esters (lactones) is 1. The maximum absolute atomic E-state index is 11.0. The van der Waals surface area contributed by atoms with Crippen molar-refractivity contribution in [1.82, 2.24) is 10.3 Å². The molecule has 0 radical (unpaired) electrons. The first-order valence-corrected chi connectivity index (χ1v) is 3.64. The minimum atomic E-state index is -0.734. The number of rotatable bonds is 1. The van der Waals surface area contributed by atoms with Gasteiger partial charge in [-0.25, -0.2) is 4.79 Å². The predicted octanol–water partition coefficient (Wildman–Crippen LogP) is 0.622. The number of imide groups is 1. The topological polar surface area (TPSA) is 71.2 Å². The fourth-order valence-electron chi connectivity index (χ4n) is 0.996. The van der Waals surface area contributed by atoms with Crippen LogP contribution < -0.4 is 5.32 Å². The van der Waals surface area contributed by atoms with Gasteiger partial charge in [0.15, 0.2) is 5.76 Å². The molecule has 0 aromatic carbocycles. The second-order valence-corrected chi connectivity index (χ2v) is 2.48. The van der Waals surface area contributed by atoms with Crippen molar-refractivity contribution < 1.29 is 14.3 Å². The van der Waals surface area contributed by atoms with Gasteiger partial charge in [-0.15, -0.1) is 0 Å². The number of aromatic nitrogens is 1. The average Bonchev–Trinajstić information content (AvgIpc) is 2.63. The molecule has 0 atom stereocenters. The maximum Gasteiger partial charge on any atom is 0.419 e. The van der Waals surface area contributed by atoms with Gasteiger partial charge < -0.3 is 9.72 Å². The third kappa shape index (κ3) is 1.44. The molecule has 2 amide bonds. The molecule has 1 aliphatic heterocycles. The quantitative estimate of drug-likeness (QED) is 0.619. The minimum Gasteiger partial charge on any atom is -0.404 e. The molecule has 0 spiro atoms. The zero-order valence-corrected chi connectivity index (χ0v) is 6.53. The van der Waals surface area contributed by atoms with Crippen LogP contribution in [0.1, 0.15) is 5.69 Å². The van der Waals surface area contributed by atoms with Crippen molar-refractivity contribution in [1.29, 1.82) is 0 Å². The van der Waals surface area contributed by atoms with Crippen molar-refractivity contribution in [3.63, 3.8) is 0 Å². The number of carbonyl (C=O) groups is 2. The van der Waals surface area contributed by atoms with Gasteiger partial charge in [0.2, 0.25) is 0 Å². The largest absolute Gasteiger partial charge is 0.419 e. The first kappa shape index (κ1) is 7.60. The van der Waals surface area contributed by atoms with E-state index < -0.39 is 12.0 Å². The van der Waals surface area contributed by atoms with E-state index in [0.29, 0.717) is 5.69 Å². The van der Waals surface area contributed by atoms with Gasteiger partial charge in [-0.2, -0.15) is 0 Å². The molecule has 1 aliphatic rings. The van der Waals surface area contributed by atoms with E-state index in [2.05, 4.69) is 9.72 Å². The Hall–Kier alpha value is -2.04. The van der Waals surface area contributed by atoms with Crippen LogP contribution in [0.3, 0.4) is 0 Å².